The number of carbonyl (C=O) groups is 1. The minimum atomic E-state index is -0.615. The van der Waals surface area contributed by atoms with E-state index in [2.05, 4.69) is 29.8 Å². The molecule has 0 bridgehead atoms. The van der Waals surface area contributed by atoms with Crippen LogP contribution in [0.2, 0.25) is 5.28 Å². The lowest BCUT2D eigenvalue weighted by atomic mass is 10.2. The molecule has 12 heteroatoms. The minimum absolute atomic E-state index is 0.206. The predicted octanol–water partition coefficient (Wildman–Crippen LogP) is 2.67. The van der Waals surface area contributed by atoms with E-state index in [0.29, 0.717) is 54.7 Å². The number of rotatable bonds is 3. The molecule has 11 nitrogen and oxygen atoms in total. The van der Waals surface area contributed by atoms with E-state index in [1.807, 2.05) is 0 Å². The molecule has 1 N–H and O–H groups in total. The van der Waals surface area contributed by atoms with Gasteiger partial charge in [0.25, 0.3) is 0 Å². The molecule has 4 rings (SSSR count). The van der Waals surface area contributed by atoms with Gasteiger partial charge in [0.05, 0.1) is 18.8 Å². The number of amides is 1. The van der Waals surface area contributed by atoms with Crippen LogP contribution in [0, 0.1) is 0 Å². The number of aromatic nitrogens is 6. The number of halogens is 1. The fraction of sp³-hybridized carbons (Fsp3) is 0.474. The highest BCUT2D eigenvalue weighted by Gasteiger charge is 2.23. The summed E-state index contributed by atoms with van der Waals surface area (Å²) in [6, 6.07) is 0. The number of nitrogens with one attached hydrogen (secondary N) is 1. The summed E-state index contributed by atoms with van der Waals surface area (Å²) < 4.78 is 10.8. The van der Waals surface area contributed by atoms with Crippen molar-refractivity contribution in [2.24, 2.45) is 0 Å². The van der Waals surface area contributed by atoms with Crippen LogP contribution in [0.3, 0.4) is 0 Å². The first-order valence-electron chi connectivity index (χ1n) is 9.76. The number of morpholine rings is 1. The monoisotopic (exact) mass is 446 g/mol. The zero-order chi connectivity index (χ0) is 22.2. The number of nitrogens with zero attached hydrogens (tertiary/aromatic N) is 7. The van der Waals surface area contributed by atoms with Crippen LogP contribution in [0.1, 0.15) is 20.8 Å². The summed E-state index contributed by atoms with van der Waals surface area (Å²) in [5.74, 6) is 1.29. The van der Waals surface area contributed by atoms with Gasteiger partial charge in [0.15, 0.2) is 22.8 Å². The molecular weight excluding hydrogens is 424 g/mol. The van der Waals surface area contributed by atoms with Crippen molar-refractivity contribution in [3.05, 3.63) is 17.7 Å². The smallest absolute Gasteiger partial charge is 0.416 e. The van der Waals surface area contributed by atoms with Gasteiger partial charge in [0.2, 0.25) is 11.2 Å². The second-order valence-corrected chi connectivity index (χ2v) is 8.36. The van der Waals surface area contributed by atoms with Gasteiger partial charge >= 0.3 is 6.09 Å². The zero-order valence-corrected chi connectivity index (χ0v) is 18.5. The van der Waals surface area contributed by atoms with Gasteiger partial charge in [-0.15, -0.1) is 0 Å². The molecule has 0 unspecified atom stereocenters. The van der Waals surface area contributed by atoms with Crippen molar-refractivity contribution >= 4 is 40.6 Å². The molecule has 0 atom stereocenters. The number of anilines is 2. The maximum atomic E-state index is 12.2. The minimum Gasteiger partial charge on any atom is -0.443 e. The quantitative estimate of drug-likeness (QED) is 0.604. The first kappa shape index (κ1) is 21.2. The summed E-state index contributed by atoms with van der Waals surface area (Å²) in [7, 11) is 1.55. The van der Waals surface area contributed by atoms with Crippen molar-refractivity contribution in [2.45, 2.75) is 26.4 Å². The molecule has 1 amide bonds. The van der Waals surface area contributed by atoms with E-state index in [1.54, 1.807) is 40.2 Å². The van der Waals surface area contributed by atoms with E-state index >= 15 is 0 Å². The molecule has 1 aliphatic heterocycles. The zero-order valence-electron chi connectivity index (χ0n) is 17.7. The Morgan fingerprint density at radius 1 is 1.19 bits per heavy atom. The summed E-state index contributed by atoms with van der Waals surface area (Å²) in [5.41, 5.74) is 1.09. The van der Waals surface area contributed by atoms with Crippen LogP contribution in [0.5, 0.6) is 0 Å². The Labute approximate surface area is 183 Å². The first-order valence-corrected chi connectivity index (χ1v) is 10.1. The Balaban J connectivity index is 1.65. The van der Waals surface area contributed by atoms with Crippen molar-refractivity contribution in [3.8, 4) is 11.4 Å². The van der Waals surface area contributed by atoms with Crippen LogP contribution in [-0.4, -0.2) is 74.9 Å². The van der Waals surface area contributed by atoms with Gasteiger partial charge in [-0.2, -0.15) is 0 Å². The van der Waals surface area contributed by atoms with Gasteiger partial charge in [-0.1, -0.05) is 0 Å². The predicted molar refractivity (Wildman–Crippen MR) is 115 cm³/mol. The second-order valence-electron chi connectivity index (χ2n) is 8.01. The molecule has 0 aliphatic carbocycles. The normalized spacial score (nSPS) is 14.7. The number of imidazole rings is 1. The average Bonchev–Trinajstić information content (AvgIpc) is 3.12. The summed E-state index contributed by atoms with van der Waals surface area (Å²) in [6.45, 7) is 7.97. The Morgan fingerprint density at radius 3 is 2.52 bits per heavy atom. The SMILES string of the molecule is CN(C(=O)OC(C)(C)C)c1ncc(-c2nc(N3CCOCC3)c3nc(Cl)[nH]c3n2)cn1. The van der Waals surface area contributed by atoms with Crippen molar-refractivity contribution in [2.75, 3.05) is 43.2 Å². The van der Waals surface area contributed by atoms with Gasteiger partial charge in [-0.05, 0) is 32.4 Å². The van der Waals surface area contributed by atoms with Gasteiger partial charge < -0.3 is 19.4 Å². The largest absolute Gasteiger partial charge is 0.443 e. The first-order chi connectivity index (χ1) is 14.7. The maximum absolute atomic E-state index is 12.2. The molecule has 0 aromatic carbocycles. The number of carbonyl (C=O) groups excluding carboxylic acids is 1. The Morgan fingerprint density at radius 2 is 1.87 bits per heavy atom. The lowest BCUT2D eigenvalue weighted by Crippen LogP contribution is -2.37. The lowest BCUT2D eigenvalue weighted by molar-refractivity contribution is 0.0587. The highest BCUT2D eigenvalue weighted by atomic mass is 35.5. The molecule has 1 aliphatic rings. The number of aromatic amines is 1. The number of ether oxygens (including phenoxy) is 2. The molecule has 0 spiro atoms. The third-order valence-corrected chi connectivity index (χ3v) is 4.65. The van der Waals surface area contributed by atoms with Gasteiger partial charge in [-0.3, -0.25) is 0 Å². The molecule has 4 heterocycles. The fourth-order valence-corrected chi connectivity index (χ4v) is 3.18. The van der Waals surface area contributed by atoms with Crippen LogP contribution in [0.25, 0.3) is 22.6 Å². The summed E-state index contributed by atoms with van der Waals surface area (Å²) in [6.07, 6.45) is 2.58. The van der Waals surface area contributed by atoms with Gasteiger partial charge in [-0.25, -0.2) is 34.6 Å². The highest BCUT2D eigenvalue weighted by Crippen LogP contribution is 2.27. The van der Waals surface area contributed by atoms with Crippen LogP contribution in [-0.2, 0) is 9.47 Å². The molecule has 1 saturated heterocycles. The molecule has 164 valence electrons. The van der Waals surface area contributed by atoms with Crippen molar-refractivity contribution < 1.29 is 14.3 Å². The van der Waals surface area contributed by atoms with E-state index in [9.17, 15) is 4.79 Å². The Hall–Kier alpha value is -3.05. The highest BCUT2D eigenvalue weighted by molar-refractivity contribution is 6.29. The summed E-state index contributed by atoms with van der Waals surface area (Å²) in [5, 5.41) is 0.238. The van der Waals surface area contributed by atoms with E-state index in [4.69, 9.17) is 26.1 Å². The van der Waals surface area contributed by atoms with Crippen LogP contribution < -0.4 is 9.80 Å². The summed E-state index contributed by atoms with van der Waals surface area (Å²) in [4.78, 5) is 40.6. The third kappa shape index (κ3) is 4.67. The topological polar surface area (TPSA) is 122 Å². The lowest BCUT2D eigenvalue weighted by Gasteiger charge is -2.28. The third-order valence-electron chi connectivity index (χ3n) is 4.47. The second kappa shape index (κ2) is 8.23. The van der Waals surface area contributed by atoms with E-state index in [1.165, 1.54) is 4.90 Å². The molecular formula is C19H23ClN8O3. The van der Waals surface area contributed by atoms with Crippen molar-refractivity contribution in [1.82, 2.24) is 29.9 Å². The maximum Gasteiger partial charge on any atom is 0.416 e. The Bertz CT molecular complexity index is 1090. The van der Waals surface area contributed by atoms with Crippen LogP contribution in [0.4, 0.5) is 16.6 Å². The number of fused-ring (bicyclic) bond motifs is 1. The van der Waals surface area contributed by atoms with Crippen molar-refractivity contribution in [1.29, 1.82) is 0 Å². The van der Waals surface area contributed by atoms with Crippen molar-refractivity contribution in [3.63, 3.8) is 0 Å². The van der Waals surface area contributed by atoms with Gasteiger partial charge in [0, 0.05) is 32.5 Å². The molecule has 31 heavy (non-hydrogen) atoms. The molecule has 1 fully saturated rings. The van der Waals surface area contributed by atoms with E-state index in [-0.39, 0.29) is 11.2 Å². The van der Waals surface area contributed by atoms with Crippen LogP contribution in [0.15, 0.2) is 12.4 Å². The molecule has 0 saturated carbocycles. The van der Waals surface area contributed by atoms with Crippen LogP contribution >= 0.6 is 11.6 Å². The average molecular weight is 447 g/mol. The Kier molecular flexibility index (Phi) is 5.63. The standard InChI is InChI=1S/C19H23ClN8O3/c1-19(2,3)31-18(29)27(4)17-21-9-11(10-22-17)13-24-14-12(23-16(20)26-14)15(25-13)28-5-7-30-8-6-28/h9-10H,5-8H2,1-4H3,(H,23,24,25,26). The molecule has 0 radical (unpaired) electrons. The number of hydrogen-bond acceptors (Lipinski definition) is 9. The molecule has 3 aromatic rings. The van der Waals surface area contributed by atoms with E-state index < -0.39 is 11.7 Å². The number of hydrogen-bond donors (Lipinski definition) is 1. The number of H-pyrrole nitrogens is 1. The fourth-order valence-electron chi connectivity index (χ4n) is 3.00. The molecule has 3 aromatic heterocycles. The summed E-state index contributed by atoms with van der Waals surface area (Å²) >= 11 is 6.07. The van der Waals surface area contributed by atoms with Gasteiger partial charge in [0.1, 0.15) is 5.60 Å². The van der Waals surface area contributed by atoms with E-state index in [0.717, 1.165) is 0 Å².